The Hall–Kier alpha value is -1.53. The highest BCUT2D eigenvalue weighted by Crippen LogP contribution is 2.23. The fourth-order valence-electron chi connectivity index (χ4n) is 2.07. The van der Waals surface area contributed by atoms with Crippen molar-refractivity contribution in [2.75, 3.05) is 6.61 Å². The number of halogens is 1. The molecule has 0 aromatic heterocycles. The van der Waals surface area contributed by atoms with E-state index >= 15 is 0 Å². The van der Waals surface area contributed by atoms with Crippen LogP contribution in [-0.4, -0.2) is 24.0 Å². The molecule has 0 bridgehead atoms. The van der Waals surface area contributed by atoms with Crippen LogP contribution in [0.2, 0.25) is 0 Å². The van der Waals surface area contributed by atoms with E-state index in [-0.39, 0.29) is 11.5 Å². The van der Waals surface area contributed by atoms with Gasteiger partial charge in [0.1, 0.15) is 5.75 Å². The summed E-state index contributed by atoms with van der Waals surface area (Å²) in [6, 6.07) is 3.91. The maximum atomic E-state index is 13.7. The van der Waals surface area contributed by atoms with Gasteiger partial charge in [-0.05, 0) is 31.4 Å². The fourth-order valence-corrected chi connectivity index (χ4v) is 2.07. The molecule has 122 valence electrons. The second kappa shape index (κ2) is 11.1. The lowest BCUT2D eigenvalue weighted by Gasteiger charge is -2.09. The quantitative estimate of drug-likeness (QED) is 0.352. The normalized spacial score (nSPS) is 10.3. The van der Waals surface area contributed by atoms with Crippen LogP contribution in [0.3, 0.4) is 0 Å². The number of ether oxygens (including phenoxy) is 1. The minimum atomic E-state index is -1.96. The minimum Gasteiger partial charge on any atom is -0.512 e. The van der Waals surface area contributed by atoms with E-state index in [4.69, 9.17) is 14.8 Å². The van der Waals surface area contributed by atoms with Crippen LogP contribution in [0.4, 0.5) is 4.39 Å². The van der Waals surface area contributed by atoms with Crippen LogP contribution in [0.15, 0.2) is 30.9 Å². The van der Waals surface area contributed by atoms with Crippen LogP contribution < -0.4 is 9.39 Å². The van der Waals surface area contributed by atoms with Crippen LogP contribution in [-0.2, 0) is 0 Å². The molecule has 0 amide bonds. The first-order valence-electron chi connectivity index (χ1n) is 7.69. The lowest BCUT2D eigenvalue weighted by Crippen LogP contribution is -2.20. The number of allylic oxidation sites excluding steroid dienone is 1. The molecule has 1 rings (SSSR count). The Morgan fingerprint density at radius 2 is 1.77 bits per heavy atom. The summed E-state index contributed by atoms with van der Waals surface area (Å²) in [4.78, 5) is 0. The Kier molecular flexibility index (Phi) is 9.34. The number of rotatable bonds is 12. The first-order chi connectivity index (χ1) is 10.6. The smallest absolute Gasteiger partial charge is 0.512 e. The largest absolute Gasteiger partial charge is 0.707 e. The van der Waals surface area contributed by atoms with Crippen LogP contribution in [0.1, 0.15) is 44.9 Å². The molecule has 0 aliphatic rings. The summed E-state index contributed by atoms with van der Waals surface area (Å²) in [5, 5.41) is 17.3. The predicted molar refractivity (Wildman–Crippen MR) is 85.2 cm³/mol. The second-order valence-electron chi connectivity index (χ2n) is 5.08. The van der Waals surface area contributed by atoms with Crippen molar-refractivity contribution in [3.05, 3.63) is 36.7 Å². The van der Waals surface area contributed by atoms with E-state index in [9.17, 15) is 4.39 Å². The van der Waals surface area contributed by atoms with E-state index in [1.807, 2.05) is 6.08 Å². The van der Waals surface area contributed by atoms with Crippen molar-refractivity contribution in [3.63, 3.8) is 0 Å². The summed E-state index contributed by atoms with van der Waals surface area (Å²) in [5.41, 5.74) is 0. The third-order valence-electron chi connectivity index (χ3n) is 3.20. The summed E-state index contributed by atoms with van der Waals surface area (Å²) in [7, 11) is -1.96. The molecule has 0 fully saturated rings. The summed E-state index contributed by atoms with van der Waals surface area (Å²) < 4.78 is 23.6. The van der Waals surface area contributed by atoms with Crippen LogP contribution in [0, 0.1) is 5.82 Å². The Morgan fingerprint density at radius 3 is 2.41 bits per heavy atom. The first-order valence-corrected chi connectivity index (χ1v) is 7.69. The lowest BCUT2D eigenvalue weighted by atomic mass is 10.1. The molecule has 4 nitrogen and oxygen atoms in total. The molecule has 0 heterocycles. The van der Waals surface area contributed by atoms with Crippen molar-refractivity contribution in [1.82, 2.24) is 0 Å². The van der Waals surface area contributed by atoms with Gasteiger partial charge in [0.2, 0.25) is 0 Å². The van der Waals surface area contributed by atoms with Crippen LogP contribution in [0.5, 0.6) is 11.5 Å². The first kappa shape index (κ1) is 18.5. The van der Waals surface area contributed by atoms with E-state index in [1.54, 1.807) is 0 Å². The maximum Gasteiger partial charge on any atom is 0.707 e. The summed E-state index contributed by atoms with van der Waals surface area (Å²) in [6.07, 6.45) is 9.75. The van der Waals surface area contributed by atoms with Crippen molar-refractivity contribution in [1.29, 1.82) is 0 Å². The van der Waals surface area contributed by atoms with Crippen LogP contribution in [0.25, 0.3) is 0 Å². The average molecular weight is 310 g/mol. The van der Waals surface area contributed by atoms with Gasteiger partial charge in [-0.25, -0.2) is 4.39 Å². The Bertz CT molecular complexity index is 440. The Balaban J connectivity index is 2.15. The Labute approximate surface area is 131 Å². The SMILES string of the molecule is C=CCCCCCCCCOc1ccc(OB(O)O)cc1F. The van der Waals surface area contributed by atoms with E-state index < -0.39 is 13.1 Å². The van der Waals surface area contributed by atoms with E-state index in [0.29, 0.717) is 6.61 Å². The number of hydrogen-bond acceptors (Lipinski definition) is 4. The van der Waals surface area contributed by atoms with Gasteiger partial charge < -0.3 is 19.4 Å². The Morgan fingerprint density at radius 1 is 1.09 bits per heavy atom. The molecule has 1 aromatic carbocycles. The highest BCUT2D eigenvalue weighted by Gasteiger charge is 2.13. The molecular formula is C16H24BFO4. The van der Waals surface area contributed by atoms with E-state index in [1.165, 1.54) is 31.4 Å². The van der Waals surface area contributed by atoms with Crippen molar-refractivity contribution in [2.45, 2.75) is 44.9 Å². The molecule has 0 spiro atoms. The molecule has 0 aliphatic heterocycles. The zero-order chi connectivity index (χ0) is 16.2. The zero-order valence-electron chi connectivity index (χ0n) is 12.8. The molecule has 22 heavy (non-hydrogen) atoms. The number of benzene rings is 1. The molecule has 1 aromatic rings. The monoisotopic (exact) mass is 310 g/mol. The third kappa shape index (κ3) is 8.05. The van der Waals surface area contributed by atoms with E-state index in [2.05, 4.69) is 11.2 Å². The van der Waals surface area contributed by atoms with Gasteiger partial charge in [-0.15, -0.1) is 6.58 Å². The lowest BCUT2D eigenvalue weighted by molar-refractivity contribution is 0.280. The summed E-state index contributed by atoms with van der Waals surface area (Å²) >= 11 is 0. The van der Waals surface area contributed by atoms with Crippen molar-refractivity contribution >= 4 is 7.32 Å². The second-order valence-corrected chi connectivity index (χ2v) is 5.08. The zero-order valence-corrected chi connectivity index (χ0v) is 12.8. The molecule has 0 saturated carbocycles. The number of hydrogen-bond donors (Lipinski definition) is 2. The standard InChI is InChI=1S/C16H24BFO4/c1-2-3-4-5-6-7-8-9-12-21-16-11-10-14(13-15(16)18)22-17(19)20/h2,10-11,13,19-20H,1,3-9,12H2. The molecule has 0 saturated heterocycles. The van der Waals surface area contributed by atoms with Crippen LogP contribution >= 0.6 is 0 Å². The maximum absolute atomic E-state index is 13.7. The molecule has 0 atom stereocenters. The average Bonchev–Trinajstić information content (AvgIpc) is 2.47. The summed E-state index contributed by atoms with van der Waals surface area (Å²) in [5.74, 6) is -0.396. The highest BCUT2D eigenvalue weighted by atomic mass is 19.1. The number of unbranched alkanes of at least 4 members (excludes halogenated alkanes) is 6. The molecule has 0 aliphatic carbocycles. The molecular weight excluding hydrogens is 286 g/mol. The molecule has 0 radical (unpaired) electrons. The van der Waals surface area contributed by atoms with Gasteiger partial charge in [0.05, 0.1) is 6.61 Å². The van der Waals surface area contributed by atoms with Gasteiger partial charge in [-0.3, -0.25) is 0 Å². The van der Waals surface area contributed by atoms with Gasteiger partial charge in [0.15, 0.2) is 11.6 Å². The summed E-state index contributed by atoms with van der Waals surface area (Å²) in [6.45, 7) is 4.16. The van der Waals surface area contributed by atoms with Gasteiger partial charge in [0, 0.05) is 6.07 Å². The van der Waals surface area contributed by atoms with Gasteiger partial charge >= 0.3 is 7.32 Å². The fraction of sp³-hybridized carbons (Fsp3) is 0.500. The van der Waals surface area contributed by atoms with Crippen molar-refractivity contribution in [2.24, 2.45) is 0 Å². The van der Waals surface area contributed by atoms with Gasteiger partial charge in [0.25, 0.3) is 0 Å². The topological polar surface area (TPSA) is 58.9 Å². The van der Waals surface area contributed by atoms with Gasteiger partial charge in [-0.1, -0.05) is 31.8 Å². The highest BCUT2D eigenvalue weighted by molar-refractivity contribution is 6.33. The van der Waals surface area contributed by atoms with Crippen molar-refractivity contribution in [3.8, 4) is 11.5 Å². The van der Waals surface area contributed by atoms with Gasteiger partial charge in [-0.2, -0.15) is 0 Å². The molecule has 6 heteroatoms. The molecule has 2 N–H and O–H groups in total. The third-order valence-corrected chi connectivity index (χ3v) is 3.20. The van der Waals surface area contributed by atoms with E-state index in [0.717, 1.165) is 31.7 Å². The predicted octanol–water partition coefficient (Wildman–Crippen LogP) is 3.47. The van der Waals surface area contributed by atoms with Crippen molar-refractivity contribution < 1.29 is 23.8 Å². The minimum absolute atomic E-state index is 0.0411. The molecule has 0 unspecified atom stereocenters.